The average Bonchev–Trinajstić information content (AvgIpc) is 2.72. The van der Waals surface area contributed by atoms with Gasteiger partial charge in [-0.1, -0.05) is 43.0 Å². The predicted molar refractivity (Wildman–Crippen MR) is 72.7 cm³/mol. The molecule has 17 heavy (non-hydrogen) atoms. The molecule has 1 nitrogen and oxygen atoms in total. The zero-order chi connectivity index (χ0) is 12.5. The van der Waals surface area contributed by atoms with E-state index < -0.39 is 0 Å². The van der Waals surface area contributed by atoms with E-state index in [9.17, 15) is 5.11 Å². The molecule has 1 aliphatic carbocycles. The Labute approximate surface area is 113 Å². The quantitative estimate of drug-likeness (QED) is 0.861. The number of benzene rings is 1. The van der Waals surface area contributed by atoms with Gasteiger partial charge in [-0.3, -0.25) is 0 Å². The SMILES string of the molecule is CC1(C(O)Cc2cc(Cl)ccc2Cl)CCCC1. The summed E-state index contributed by atoms with van der Waals surface area (Å²) < 4.78 is 0. The molecular formula is C14H18Cl2O. The molecule has 0 saturated heterocycles. The third-order valence-electron chi connectivity index (χ3n) is 3.97. The van der Waals surface area contributed by atoms with Crippen molar-refractivity contribution in [2.45, 2.75) is 45.1 Å². The highest BCUT2D eigenvalue weighted by molar-refractivity contribution is 6.33. The number of rotatable bonds is 3. The van der Waals surface area contributed by atoms with Crippen molar-refractivity contribution >= 4 is 23.2 Å². The molecule has 1 saturated carbocycles. The highest BCUT2D eigenvalue weighted by atomic mass is 35.5. The second-order valence-electron chi connectivity index (χ2n) is 5.32. The van der Waals surface area contributed by atoms with Gasteiger partial charge in [-0.25, -0.2) is 0 Å². The van der Waals surface area contributed by atoms with Crippen molar-refractivity contribution in [3.63, 3.8) is 0 Å². The molecule has 0 aromatic heterocycles. The van der Waals surface area contributed by atoms with Gasteiger partial charge in [-0.2, -0.15) is 0 Å². The van der Waals surface area contributed by atoms with Crippen molar-refractivity contribution in [1.82, 2.24) is 0 Å². The Hall–Kier alpha value is -0.240. The van der Waals surface area contributed by atoms with Crippen molar-refractivity contribution in [3.8, 4) is 0 Å². The third-order valence-corrected chi connectivity index (χ3v) is 4.58. The minimum absolute atomic E-state index is 0.0473. The van der Waals surface area contributed by atoms with E-state index in [-0.39, 0.29) is 11.5 Å². The normalized spacial score (nSPS) is 20.5. The first kappa shape index (κ1) is 13.2. The van der Waals surface area contributed by atoms with E-state index in [0.29, 0.717) is 16.5 Å². The van der Waals surface area contributed by atoms with Crippen LogP contribution in [0.25, 0.3) is 0 Å². The summed E-state index contributed by atoms with van der Waals surface area (Å²) in [5, 5.41) is 11.7. The van der Waals surface area contributed by atoms with Crippen molar-refractivity contribution in [2.24, 2.45) is 5.41 Å². The first-order valence-electron chi connectivity index (χ1n) is 6.13. The number of aliphatic hydroxyl groups excluding tert-OH is 1. The van der Waals surface area contributed by atoms with Crippen LogP contribution in [0.3, 0.4) is 0 Å². The molecule has 1 aromatic rings. The fourth-order valence-corrected chi connectivity index (χ4v) is 3.06. The Morgan fingerprint density at radius 3 is 2.59 bits per heavy atom. The maximum absolute atomic E-state index is 10.4. The first-order chi connectivity index (χ1) is 8.01. The van der Waals surface area contributed by atoms with E-state index in [4.69, 9.17) is 23.2 Å². The Morgan fingerprint density at radius 2 is 1.94 bits per heavy atom. The van der Waals surface area contributed by atoms with E-state index in [1.54, 1.807) is 12.1 Å². The smallest absolute Gasteiger partial charge is 0.0634 e. The predicted octanol–water partition coefficient (Wildman–Crippen LogP) is 4.48. The minimum Gasteiger partial charge on any atom is -0.392 e. The van der Waals surface area contributed by atoms with Crippen LogP contribution in [0.15, 0.2) is 18.2 Å². The number of hydrogen-bond acceptors (Lipinski definition) is 1. The average molecular weight is 273 g/mol. The lowest BCUT2D eigenvalue weighted by atomic mass is 9.80. The van der Waals surface area contributed by atoms with Gasteiger partial charge in [0.2, 0.25) is 0 Å². The topological polar surface area (TPSA) is 20.2 Å². The van der Waals surface area contributed by atoms with Crippen LogP contribution in [-0.2, 0) is 6.42 Å². The summed E-state index contributed by atoms with van der Waals surface area (Å²) in [4.78, 5) is 0. The van der Waals surface area contributed by atoms with Gasteiger partial charge in [-0.05, 0) is 42.0 Å². The van der Waals surface area contributed by atoms with Gasteiger partial charge in [0, 0.05) is 16.5 Å². The fourth-order valence-electron chi connectivity index (χ4n) is 2.67. The summed E-state index contributed by atoms with van der Waals surface area (Å²) in [6.07, 6.45) is 4.91. The molecule has 1 fully saturated rings. The number of aliphatic hydroxyl groups is 1. The van der Waals surface area contributed by atoms with Crippen molar-refractivity contribution in [3.05, 3.63) is 33.8 Å². The van der Waals surface area contributed by atoms with Gasteiger partial charge >= 0.3 is 0 Å². The highest BCUT2D eigenvalue weighted by Gasteiger charge is 2.36. The van der Waals surface area contributed by atoms with Gasteiger partial charge in [-0.15, -0.1) is 0 Å². The van der Waals surface area contributed by atoms with Crippen LogP contribution in [0.4, 0.5) is 0 Å². The fraction of sp³-hybridized carbons (Fsp3) is 0.571. The molecule has 0 aliphatic heterocycles. The van der Waals surface area contributed by atoms with Crippen molar-refractivity contribution in [1.29, 1.82) is 0 Å². The molecule has 1 unspecified atom stereocenters. The van der Waals surface area contributed by atoms with Gasteiger partial charge in [0.05, 0.1) is 6.10 Å². The lowest BCUT2D eigenvalue weighted by molar-refractivity contribution is 0.0424. The molecule has 2 rings (SSSR count). The van der Waals surface area contributed by atoms with Gasteiger partial charge in [0.15, 0.2) is 0 Å². The van der Waals surface area contributed by atoms with Crippen LogP contribution >= 0.6 is 23.2 Å². The zero-order valence-corrected chi connectivity index (χ0v) is 11.6. The Balaban J connectivity index is 2.12. The summed E-state index contributed by atoms with van der Waals surface area (Å²) in [6, 6.07) is 5.42. The summed E-state index contributed by atoms with van der Waals surface area (Å²) in [7, 11) is 0. The van der Waals surface area contributed by atoms with Gasteiger partial charge in [0.1, 0.15) is 0 Å². The lowest BCUT2D eigenvalue weighted by Crippen LogP contribution is -2.31. The van der Waals surface area contributed by atoms with Gasteiger partial charge < -0.3 is 5.11 Å². The summed E-state index contributed by atoms with van der Waals surface area (Å²) in [6.45, 7) is 2.17. The standard InChI is InChI=1S/C14H18Cl2O/c1-14(6-2-3-7-14)13(17)9-10-8-11(15)4-5-12(10)16/h4-5,8,13,17H,2-3,6-7,9H2,1H3. The van der Waals surface area contributed by atoms with Crippen LogP contribution in [0.2, 0.25) is 10.0 Å². The van der Waals surface area contributed by atoms with Crippen molar-refractivity contribution in [2.75, 3.05) is 0 Å². The Morgan fingerprint density at radius 1 is 1.29 bits per heavy atom. The Bertz CT molecular complexity index is 397. The molecule has 3 heteroatoms. The van der Waals surface area contributed by atoms with Crippen LogP contribution in [-0.4, -0.2) is 11.2 Å². The molecule has 1 aromatic carbocycles. The molecule has 0 spiro atoms. The second-order valence-corrected chi connectivity index (χ2v) is 6.16. The zero-order valence-electron chi connectivity index (χ0n) is 10.0. The second kappa shape index (κ2) is 5.17. The molecule has 0 amide bonds. The summed E-state index contributed by atoms with van der Waals surface area (Å²) in [5.74, 6) is 0. The van der Waals surface area contributed by atoms with E-state index in [1.807, 2.05) is 6.07 Å². The minimum atomic E-state index is -0.332. The first-order valence-corrected chi connectivity index (χ1v) is 6.89. The molecule has 0 radical (unpaired) electrons. The number of hydrogen-bond donors (Lipinski definition) is 1. The van der Waals surface area contributed by atoms with Crippen LogP contribution < -0.4 is 0 Å². The molecule has 1 N–H and O–H groups in total. The third kappa shape index (κ3) is 2.96. The molecular weight excluding hydrogens is 255 g/mol. The summed E-state index contributed by atoms with van der Waals surface area (Å²) >= 11 is 12.1. The molecule has 94 valence electrons. The van der Waals surface area contributed by atoms with E-state index >= 15 is 0 Å². The maximum atomic E-state index is 10.4. The molecule has 0 bridgehead atoms. The largest absolute Gasteiger partial charge is 0.392 e. The lowest BCUT2D eigenvalue weighted by Gasteiger charge is -2.30. The molecule has 0 heterocycles. The maximum Gasteiger partial charge on any atom is 0.0634 e. The monoisotopic (exact) mass is 272 g/mol. The van der Waals surface area contributed by atoms with E-state index in [1.165, 1.54) is 12.8 Å². The molecule has 1 atom stereocenters. The number of halogens is 2. The van der Waals surface area contributed by atoms with Crippen LogP contribution in [0.1, 0.15) is 38.2 Å². The Kier molecular flexibility index (Phi) is 4.02. The van der Waals surface area contributed by atoms with Crippen LogP contribution in [0, 0.1) is 5.41 Å². The van der Waals surface area contributed by atoms with E-state index in [0.717, 1.165) is 18.4 Å². The molecule has 1 aliphatic rings. The van der Waals surface area contributed by atoms with Crippen molar-refractivity contribution < 1.29 is 5.11 Å². The summed E-state index contributed by atoms with van der Waals surface area (Å²) in [5.41, 5.74) is 0.992. The van der Waals surface area contributed by atoms with Gasteiger partial charge in [0.25, 0.3) is 0 Å². The van der Waals surface area contributed by atoms with E-state index in [2.05, 4.69) is 6.92 Å². The highest BCUT2D eigenvalue weighted by Crippen LogP contribution is 2.42. The van der Waals surface area contributed by atoms with Crippen LogP contribution in [0.5, 0.6) is 0 Å².